The topological polar surface area (TPSA) is 83.5 Å². The van der Waals surface area contributed by atoms with Gasteiger partial charge < -0.3 is 15.9 Å². The molecule has 0 aromatic heterocycles. The van der Waals surface area contributed by atoms with Crippen molar-refractivity contribution < 1.29 is 15.0 Å². The van der Waals surface area contributed by atoms with Gasteiger partial charge in [-0.05, 0) is 18.2 Å². The summed E-state index contributed by atoms with van der Waals surface area (Å²) in [6.07, 6.45) is 0. The third-order valence-electron chi connectivity index (χ3n) is 1.82. The van der Waals surface area contributed by atoms with Crippen LogP contribution >= 0.6 is 11.8 Å². The predicted molar refractivity (Wildman–Crippen MR) is 60.2 cm³/mol. The van der Waals surface area contributed by atoms with Crippen molar-refractivity contribution in [3.63, 3.8) is 0 Å². The average molecular weight is 227 g/mol. The molecule has 0 spiro atoms. The molecule has 0 amide bonds. The zero-order chi connectivity index (χ0) is 11.4. The molecule has 1 rings (SSSR count). The zero-order valence-electron chi connectivity index (χ0n) is 8.30. The summed E-state index contributed by atoms with van der Waals surface area (Å²) in [6.45, 7) is 1.82. The summed E-state index contributed by atoms with van der Waals surface area (Å²) in [5.41, 5.74) is 6.31. The SMILES string of the molecule is CC(CO)Sc1cc(N)ccc1C(=O)O. The van der Waals surface area contributed by atoms with Crippen LogP contribution in [0, 0.1) is 0 Å². The van der Waals surface area contributed by atoms with Gasteiger partial charge in [0.2, 0.25) is 0 Å². The molecule has 1 aromatic carbocycles. The largest absolute Gasteiger partial charge is 0.478 e. The van der Waals surface area contributed by atoms with Crippen molar-refractivity contribution in [3.8, 4) is 0 Å². The van der Waals surface area contributed by atoms with Crippen LogP contribution in [0.5, 0.6) is 0 Å². The second-order valence-electron chi connectivity index (χ2n) is 3.17. The highest BCUT2D eigenvalue weighted by atomic mass is 32.2. The fraction of sp³-hybridized carbons (Fsp3) is 0.300. The van der Waals surface area contributed by atoms with Gasteiger partial charge in [0, 0.05) is 15.8 Å². The van der Waals surface area contributed by atoms with Gasteiger partial charge in [-0.25, -0.2) is 4.79 Å². The van der Waals surface area contributed by atoms with Crippen LogP contribution in [0.15, 0.2) is 23.1 Å². The average Bonchev–Trinajstić information content (AvgIpc) is 2.17. The lowest BCUT2D eigenvalue weighted by molar-refractivity contribution is 0.0693. The summed E-state index contributed by atoms with van der Waals surface area (Å²) in [5, 5.41) is 17.8. The molecule has 0 aliphatic carbocycles. The van der Waals surface area contributed by atoms with Gasteiger partial charge in [0.1, 0.15) is 0 Å². The van der Waals surface area contributed by atoms with Crippen LogP contribution in [0.3, 0.4) is 0 Å². The molecule has 0 aliphatic heterocycles. The molecular formula is C10H13NO3S. The molecule has 4 N–H and O–H groups in total. The number of hydrogen-bond donors (Lipinski definition) is 3. The second-order valence-corrected chi connectivity index (χ2v) is 4.65. The van der Waals surface area contributed by atoms with Crippen LogP contribution in [0.25, 0.3) is 0 Å². The van der Waals surface area contributed by atoms with E-state index < -0.39 is 5.97 Å². The summed E-state index contributed by atoms with van der Waals surface area (Å²) in [7, 11) is 0. The molecule has 0 saturated heterocycles. The maximum absolute atomic E-state index is 10.9. The minimum atomic E-state index is -0.984. The lowest BCUT2D eigenvalue weighted by atomic mass is 10.2. The predicted octanol–water partition coefficient (Wildman–Crippen LogP) is 1.44. The van der Waals surface area contributed by atoms with E-state index >= 15 is 0 Å². The van der Waals surface area contributed by atoms with Crippen molar-refractivity contribution >= 4 is 23.4 Å². The summed E-state index contributed by atoms with van der Waals surface area (Å²) in [6, 6.07) is 4.64. The Kier molecular flexibility index (Phi) is 3.99. The molecular weight excluding hydrogens is 214 g/mol. The van der Waals surface area contributed by atoms with Crippen molar-refractivity contribution in [2.75, 3.05) is 12.3 Å². The van der Waals surface area contributed by atoms with Crippen LogP contribution in [-0.2, 0) is 0 Å². The van der Waals surface area contributed by atoms with Gasteiger partial charge in [0.15, 0.2) is 0 Å². The lowest BCUT2D eigenvalue weighted by Gasteiger charge is -2.10. The van der Waals surface area contributed by atoms with E-state index in [0.717, 1.165) is 0 Å². The maximum atomic E-state index is 10.9. The van der Waals surface area contributed by atoms with E-state index in [1.165, 1.54) is 17.8 Å². The maximum Gasteiger partial charge on any atom is 0.336 e. The Morgan fingerprint density at radius 1 is 1.60 bits per heavy atom. The number of rotatable bonds is 4. The second kappa shape index (κ2) is 5.04. The Morgan fingerprint density at radius 2 is 2.27 bits per heavy atom. The van der Waals surface area contributed by atoms with E-state index in [-0.39, 0.29) is 17.4 Å². The number of nitrogen functional groups attached to an aromatic ring is 1. The smallest absolute Gasteiger partial charge is 0.336 e. The number of carboxylic acid groups (broad SMARTS) is 1. The summed E-state index contributed by atoms with van der Waals surface area (Å²) >= 11 is 1.30. The molecule has 82 valence electrons. The third-order valence-corrected chi connectivity index (χ3v) is 2.96. The van der Waals surface area contributed by atoms with E-state index in [2.05, 4.69) is 0 Å². The Hall–Kier alpha value is -1.20. The molecule has 5 heteroatoms. The standard InChI is InChI=1S/C10H13NO3S/c1-6(5-12)15-9-4-7(11)2-3-8(9)10(13)14/h2-4,6,12H,5,11H2,1H3,(H,13,14). The molecule has 0 saturated carbocycles. The van der Waals surface area contributed by atoms with E-state index in [4.69, 9.17) is 15.9 Å². The minimum absolute atomic E-state index is 0.00146. The number of aromatic carboxylic acids is 1. The summed E-state index contributed by atoms with van der Waals surface area (Å²) in [5.74, 6) is -0.984. The Balaban J connectivity index is 3.02. The van der Waals surface area contributed by atoms with Crippen LogP contribution in [-0.4, -0.2) is 28.0 Å². The fourth-order valence-electron chi connectivity index (χ4n) is 1.07. The molecule has 15 heavy (non-hydrogen) atoms. The van der Waals surface area contributed by atoms with Crippen molar-refractivity contribution in [3.05, 3.63) is 23.8 Å². The first-order chi connectivity index (χ1) is 7.04. The zero-order valence-corrected chi connectivity index (χ0v) is 9.12. The highest BCUT2D eigenvalue weighted by Crippen LogP contribution is 2.28. The molecule has 0 fully saturated rings. The molecule has 1 unspecified atom stereocenters. The number of nitrogens with two attached hydrogens (primary N) is 1. The number of anilines is 1. The molecule has 0 radical (unpaired) electrons. The first-order valence-corrected chi connectivity index (χ1v) is 5.33. The number of carboxylic acids is 1. The van der Waals surface area contributed by atoms with Crippen LogP contribution in [0.1, 0.15) is 17.3 Å². The minimum Gasteiger partial charge on any atom is -0.478 e. The van der Waals surface area contributed by atoms with Crippen molar-refractivity contribution in [1.82, 2.24) is 0 Å². The molecule has 4 nitrogen and oxygen atoms in total. The van der Waals surface area contributed by atoms with Gasteiger partial charge in [-0.15, -0.1) is 11.8 Å². The number of aliphatic hydroxyl groups is 1. The summed E-state index contributed by atoms with van der Waals surface area (Å²) < 4.78 is 0. The Bertz CT molecular complexity index is 368. The van der Waals surface area contributed by atoms with Crippen molar-refractivity contribution in [2.45, 2.75) is 17.1 Å². The van der Waals surface area contributed by atoms with Gasteiger partial charge in [-0.2, -0.15) is 0 Å². The first kappa shape index (κ1) is 11.9. The number of carbonyl (C=O) groups is 1. The van der Waals surface area contributed by atoms with Crippen LogP contribution < -0.4 is 5.73 Å². The summed E-state index contributed by atoms with van der Waals surface area (Å²) in [4.78, 5) is 11.5. The highest BCUT2D eigenvalue weighted by Gasteiger charge is 2.13. The molecule has 0 aliphatic rings. The van der Waals surface area contributed by atoms with Crippen molar-refractivity contribution in [2.24, 2.45) is 0 Å². The van der Waals surface area contributed by atoms with Crippen LogP contribution in [0.4, 0.5) is 5.69 Å². The molecule has 1 aromatic rings. The highest BCUT2D eigenvalue weighted by molar-refractivity contribution is 8.00. The van der Waals surface area contributed by atoms with Crippen molar-refractivity contribution in [1.29, 1.82) is 0 Å². The van der Waals surface area contributed by atoms with Gasteiger partial charge in [0.25, 0.3) is 0 Å². The number of hydrogen-bond acceptors (Lipinski definition) is 4. The van der Waals surface area contributed by atoms with Gasteiger partial charge in [0.05, 0.1) is 12.2 Å². The molecule has 1 atom stereocenters. The fourth-order valence-corrected chi connectivity index (χ4v) is 2.06. The Labute approximate surface area is 92.1 Å². The first-order valence-electron chi connectivity index (χ1n) is 4.45. The van der Waals surface area contributed by atoms with E-state index in [1.807, 2.05) is 6.92 Å². The lowest BCUT2D eigenvalue weighted by Crippen LogP contribution is -2.05. The van der Waals surface area contributed by atoms with E-state index in [1.54, 1.807) is 12.1 Å². The van der Waals surface area contributed by atoms with E-state index in [0.29, 0.717) is 10.6 Å². The van der Waals surface area contributed by atoms with Gasteiger partial charge in [-0.1, -0.05) is 6.92 Å². The normalized spacial score (nSPS) is 12.4. The van der Waals surface area contributed by atoms with Gasteiger partial charge in [-0.3, -0.25) is 0 Å². The molecule has 0 heterocycles. The number of benzene rings is 1. The number of thioether (sulfide) groups is 1. The third kappa shape index (κ3) is 3.14. The van der Waals surface area contributed by atoms with Crippen LogP contribution in [0.2, 0.25) is 0 Å². The molecule has 0 bridgehead atoms. The Morgan fingerprint density at radius 3 is 2.80 bits per heavy atom. The monoisotopic (exact) mass is 227 g/mol. The van der Waals surface area contributed by atoms with E-state index in [9.17, 15) is 4.79 Å². The quantitative estimate of drug-likeness (QED) is 0.535. The number of aliphatic hydroxyl groups excluding tert-OH is 1. The van der Waals surface area contributed by atoms with Gasteiger partial charge >= 0.3 is 5.97 Å².